The van der Waals surface area contributed by atoms with Crippen LogP contribution in [0.5, 0.6) is 0 Å². The lowest BCUT2D eigenvalue weighted by molar-refractivity contribution is -0.184. The molecule has 1 saturated carbocycles. The standard InChI is InChI=1S/C15H15Cl3F2O/c1-13(2)14(18,9-11(16)17)15(13,21-12(19)20)8-10-6-4-3-5-7-10/h3-7,9,12H,8H2,1-2H3. The van der Waals surface area contributed by atoms with Crippen LogP contribution in [0.25, 0.3) is 0 Å². The van der Waals surface area contributed by atoms with Crippen molar-refractivity contribution in [2.45, 2.75) is 37.4 Å². The fourth-order valence-corrected chi connectivity index (χ4v) is 4.01. The van der Waals surface area contributed by atoms with E-state index in [9.17, 15) is 8.78 Å². The van der Waals surface area contributed by atoms with Gasteiger partial charge in [-0.2, -0.15) is 8.78 Å². The van der Waals surface area contributed by atoms with E-state index >= 15 is 0 Å². The summed E-state index contributed by atoms with van der Waals surface area (Å²) in [6.07, 6.45) is 1.62. The quantitative estimate of drug-likeness (QED) is 0.630. The molecular formula is C15H15Cl3F2O. The van der Waals surface area contributed by atoms with Gasteiger partial charge >= 0.3 is 6.61 Å². The Morgan fingerprint density at radius 2 is 1.81 bits per heavy atom. The normalized spacial score (nSPS) is 30.3. The SMILES string of the molecule is CC1(C)C(Cl)(C=C(Cl)Cl)C1(Cc1ccccc1)OC(F)F. The summed E-state index contributed by atoms with van der Waals surface area (Å²) in [5.41, 5.74) is -1.16. The first-order chi connectivity index (χ1) is 9.66. The van der Waals surface area contributed by atoms with Crippen molar-refractivity contribution in [3.63, 3.8) is 0 Å². The molecule has 1 fully saturated rings. The Balaban J connectivity index is 2.42. The van der Waals surface area contributed by atoms with Gasteiger partial charge in [-0.1, -0.05) is 67.4 Å². The highest BCUT2D eigenvalue weighted by Gasteiger charge is 2.83. The van der Waals surface area contributed by atoms with Crippen LogP contribution < -0.4 is 0 Å². The molecule has 1 aromatic carbocycles. The Kier molecular flexibility index (Phi) is 4.61. The Bertz CT molecular complexity index is 543. The van der Waals surface area contributed by atoms with Gasteiger partial charge in [-0.3, -0.25) is 0 Å². The average molecular weight is 356 g/mol. The first kappa shape index (κ1) is 17.0. The van der Waals surface area contributed by atoms with Crippen molar-refractivity contribution in [2.24, 2.45) is 5.41 Å². The molecule has 2 rings (SSSR count). The van der Waals surface area contributed by atoms with Crippen LogP contribution in [-0.2, 0) is 11.2 Å². The van der Waals surface area contributed by atoms with Crippen LogP contribution >= 0.6 is 34.8 Å². The Morgan fingerprint density at radius 3 is 2.29 bits per heavy atom. The molecule has 0 bridgehead atoms. The lowest BCUT2D eigenvalue weighted by Crippen LogP contribution is -2.30. The molecule has 1 nitrogen and oxygen atoms in total. The van der Waals surface area contributed by atoms with E-state index < -0.39 is 22.5 Å². The maximum atomic E-state index is 12.9. The van der Waals surface area contributed by atoms with Crippen molar-refractivity contribution >= 4 is 34.8 Å². The van der Waals surface area contributed by atoms with E-state index in [1.807, 2.05) is 30.3 Å². The zero-order valence-corrected chi connectivity index (χ0v) is 13.8. The number of rotatable bonds is 5. The van der Waals surface area contributed by atoms with Crippen molar-refractivity contribution in [3.05, 3.63) is 46.5 Å². The van der Waals surface area contributed by atoms with E-state index in [1.165, 1.54) is 6.08 Å². The second-order valence-corrected chi connectivity index (χ2v) is 7.24. The van der Waals surface area contributed by atoms with Crippen LogP contribution in [0, 0.1) is 5.41 Å². The number of hydrogen-bond donors (Lipinski definition) is 0. The molecule has 0 spiro atoms. The molecule has 1 aliphatic carbocycles. The van der Waals surface area contributed by atoms with Gasteiger partial charge in [0.05, 0.1) is 0 Å². The fraction of sp³-hybridized carbons (Fsp3) is 0.467. The molecule has 116 valence electrons. The number of halogens is 5. The maximum absolute atomic E-state index is 12.9. The summed E-state index contributed by atoms with van der Waals surface area (Å²) in [6, 6.07) is 9.20. The minimum atomic E-state index is -2.93. The predicted molar refractivity (Wildman–Crippen MR) is 82.1 cm³/mol. The predicted octanol–water partition coefficient (Wildman–Crippen LogP) is 5.54. The van der Waals surface area contributed by atoms with Crippen molar-refractivity contribution in [1.82, 2.24) is 0 Å². The minimum Gasteiger partial charge on any atom is -0.313 e. The minimum absolute atomic E-state index is 0.0640. The van der Waals surface area contributed by atoms with Crippen LogP contribution in [0.3, 0.4) is 0 Å². The van der Waals surface area contributed by atoms with E-state index in [0.717, 1.165) is 5.56 Å². The molecule has 1 aliphatic rings. The highest BCUT2D eigenvalue weighted by Crippen LogP contribution is 2.73. The first-order valence-electron chi connectivity index (χ1n) is 6.39. The van der Waals surface area contributed by atoms with Gasteiger partial charge in [-0.25, -0.2) is 0 Å². The number of ether oxygens (including phenoxy) is 1. The van der Waals surface area contributed by atoms with Crippen molar-refractivity contribution in [1.29, 1.82) is 0 Å². The number of benzene rings is 1. The summed E-state index contributed by atoms with van der Waals surface area (Å²) < 4.78 is 30.8. The van der Waals surface area contributed by atoms with Gasteiger partial charge in [0.25, 0.3) is 0 Å². The van der Waals surface area contributed by atoms with Gasteiger partial charge in [0.1, 0.15) is 15.0 Å². The topological polar surface area (TPSA) is 9.23 Å². The van der Waals surface area contributed by atoms with Gasteiger partial charge in [-0.05, 0) is 11.6 Å². The third-order valence-electron chi connectivity index (χ3n) is 4.34. The van der Waals surface area contributed by atoms with E-state index in [2.05, 4.69) is 0 Å². The first-order valence-corrected chi connectivity index (χ1v) is 7.52. The molecule has 0 N–H and O–H groups in total. The molecule has 0 aromatic heterocycles. The Labute approximate surface area is 137 Å². The average Bonchev–Trinajstić information content (AvgIpc) is 2.68. The van der Waals surface area contributed by atoms with Crippen LogP contribution in [0.2, 0.25) is 0 Å². The molecule has 2 unspecified atom stereocenters. The van der Waals surface area contributed by atoms with E-state index in [0.29, 0.717) is 0 Å². The van der Waals surface area contributed by atoms with E-state index in [1.54, 1.807) is 13.8 Å². The summed E-state index contributed by atoms with van der Waals surface area (Å²) in [7, 11) is 0. The summed E-state index contributed by atoms with van der Waals surface area (Å²) in [6.45, 7) is 0.591. The van der Waals surface area contributed by atoms with Crippen LogP contribution in [0.1, 0.15) is 19.4 Å². The van der Waals surface area contributed by atoms with Gasteiger partial charge in [0, 0.05) is 11.8 Å². The Hall–Kier alpha value is -0.350. The lowest BCUT2D eigenvalue weighted by Gasteiger charge is -2.21. The number of alkyl halides is 3. The molecule has 21 heavy (non-hydrogen) atoms. The van der Waals surface area contributed by atoms with Crippen molar-refractivity contribution in [3.8, 4) is 0 Å². The van der Waals surface area contributed by atoms with Gasteiger partial charge in [0.15, 0.2) is 0 Å². The molecule has 1 aromatic rings. The highest BCUT2D eigenvalue weighted by molar-refractivity contribution is 6.56. The molecule has 2 atom stereocenters. The second kappa shape index (κ2) is 5.69. The number of hydrogen-bond acceptors (Lipinski definition) is 1. The lowest BCUT2D eigenvalue weighted by atomic mass is 9.99. The summed E-state index contributed by atoms with van der Waals surface area (Å²) in [5, 5.41) is 0. The van der Waals surface area contributed by atoms with Crippen molar-refractivity contribution < 1.29 is 13.5 Å². The summed E-state index contributed by atoms with van der Waals surface area (Å²) in [5.74, 6) is 0. The van der Waals surface area contributed by atoms with Gasteiger partial charge < -0.3 is 4.74 Å². The molecule has 0 radical (unpaired) electrons. The second-order valence-electron chi connectivity index (χ2n) is 5.64. The maximum Gasteiger partial charge on any atom is 0.345 e. The van der Waals surface area contributed by atoms with Crippen molar-refractivity contribution in [2.75, 3.05) is 0 Å². The molecule has 6 heteroatoms. The Morgan fingerprint density at radius 1 is 1.24 bits per heavy atom. The highest BCUT2D eigenvalue weighted by atomic mass is 35.5. The van der Waals surface area contributed by atoms with Crippen LogP contribution in [0.15, 0.2) is 40.9 Å². The third-order valence-corrected chi connectivity index (χ3v) is 5.44. The fourth-order valence-electron chi connectivity index (χ4n) is 3.01. The smallest absolute Gasteiger partial charge is 0.313 e. The largest absolute Gasteiger partial charge is 0.345 e. The monoisotopic (exact) mass is 354 g/mol. The third kappa shape index (κ3) is 2.70. The summed E-state index contributed by atoms with van der Waals surface area (Å²) >= 11 is 17.9. The zero-order chi connectivity index (χ0) is 15.9. The molecule has 0 saturated heterocycles. The van der Waals surface area contributed by atoms with E-state index in [-0.39, 0.29) is 10.9 Å². The molecule has 0 aliphatic heterocycles. The van der Waals surface area contributed by atoms with Crippen LogP contribution in [-0.4, -0.2) is 17.1 Å². The van der Waals surface area contributed by atoms with Gasteiger partial charge in [0.2, 0.25) is 0 Å². The summed E-state index contributed by atoms with van der Waals surface area (Å²) in [4.78, 5) is -1.19. The van der Waals surface area contributed by atoms with Gasteiger partial charge in [-0.15, -0.1) is 11.6 Å². The zero-order valence-electron chi connectivity index (χ0n) is 11.5. The van der Waals surface area contributed by atoms with Crippen LogP contribution in [0.4, 0.5) is 8.78 Å². The molecular weight excluding hydrogens is 341 g/mol. The molecule has 0 amide bonds. The molecule has 0 heterocycles. The van der Waals surface area contributed by atoms with E-state index in [4.69, 9.17) is 39.5 Å².